The van der Waals surface area contributed by atoms with Crippen LogP contribution in [-0.4, -0.2) is 24.8 Å². The van der Waals surface area contributed by atoms with Crippen LogP contribution in [0.15, 0.2) is 18.2 Å². The second-order valence-corrected chi connectivity index (χ2v) is 6.11. The van der Waals surface area contributed by atoms with Gasteiger partial charge in [0.05, 0.1) is 6.61 Å². The third-order valence-electron chi connectivity index (χ3n) is 4.95. The first-order valence-corrected chi connectivity index (χ1v) is 7.82. The number of aliphatic hydroxyl groups is 1. The van der Waals surface area contributed by atoms with Gasteiger partial charge in [0.25, 0.3) is 0 Å². The maximum Gasteiger partial charge on any atom is 0.0502 e. The summed E-state index contributed by atoms with van der Waals surface area (Å²) in [7, 11) is 0. The summed E-state index contributed by atoms with van der Waals surface area (Å²) >= 11 is 0. The Kier molecular flexibility index (Phi) is 4.19. The lowest BCUT2D eigenvalue weighted by Crippen LogP contribution is -2.32. The van der Waals surface area contributed by atoms with Crippen LogP contribution in [0.25, 0.3) is 0 Å². The number of aliphatic hydroxyl groups excluding tert-OH is 1. The van der Waals surface area contributed by atoms with Crippen molar-refractivity contribution in [3.63, 3.8) is 0 Å². The maximum absolute atomic E-state index is 9.82. The Bertz CT molecular complexity index is 423. The lowest BCUT2D eigenvalue weighted by Gasteiger charge is -2.30. The number of aryl methyl sites for hydroxylation is 2. The topological polar surface area (TPSA) is 32.3 Å². The van der Waals surface area contributed by atoms with Gasteiger partial charge in [-0.05, 0) is 74.2 Å². The van der Waals surface area contributed by atoms with Crippen LogP contribution in [0.2, 0.25) is 0 Å². The van der Waals surface area contributed by atoms with Crippen LogP contribution in [0, 0.1) is 5.92 Å². The average Bonchev–Trinajstić information content (AvgIpc) is 2.49. The summed E-state index contributed by atoms with van der Waals surface area (Å²) in [5, 5.41) is 13.2. The summed E-state index contributed by atoms with van der Waals surface area (Å²) in [6.07, 6.45) is 7.53. The lowest BCUT2D eigenvalue weighted by molar-refractivity contribution is 0.201. The number of rotatable bonds is 3. The molecule has 0 spiro atoms. The van der Waals surface area contributed by atoms with Crippen LogP contribution in [-0.2, 0) is 12.8 Å². The highest BCUT2D eigenvalue weighted by atomic mass is 16.3. The molecule has 0 bridgehead atoms. The van der Waals surface area contributed by atoms with E-state index in [9.17, 15) is 5.11 Å². The predicted octanol–water partition coefficient (Wildman–Crippen LogP) is 2.64. The highest BCUT2D eigenvalue weighted by Gasteiger charge is 2.25. The first-order chi connectivity index (χ1) is 9.38. The third kappa shape index (κ3) is 2.85. The molecule has 1 unspecified atom stereocenters. The summed E-state index contributed by atoms with van der Waals surface area (Å²) in [6, 6.07) is 6.97. The van der Waals surface area contributed by atoms with Gasteiger partial charge in [0.2, 0.25) is 0 Å². The monoisotopic (exact) mass is 259 g/mol. The molecule has 2 N–H and O–H groups in total. The van der Waals surface area contributed by atoms with Crippen molar-refractivity contribution in [2.24, 2.45) is 5.92 Å². The standard InChI is InChI=1S/C17H25NO/c19-12-17(14-7-9-18-10-8-14)16-6-5-13-3-1-2-4-15(13)11-16/h5-6,11,14,17-19H,1-4,7-10,12H2. The van der Waals surface area contributed by atoms with Crippen molar-refractivity contribution in [3.8, 4) is 0 Å². The summed E-state index contributed by atoms with van der Waals surface area (Å²) in [6.45, 7) is 2.50. The van der Waals surface area contributed by atoms with Crippen molar-refractivity contribution >= 4 is 0 Å². The van der Waals surface area contributed by atoms with E-state index in [4.69, 9.17) is 0 Å². The Balaban J connectivity index is 1.82. The average molecular weight is 259 g/mol. The zero-order valence-corrected chi connectivity index (χ0v) is 11.7. The molecule has 0 aromatic heterocycles. The Morgan fingerprint density at radius 1 is 1.11 bits per heavy atom. The molecule has 1 aromatic rings. The molecule has 19 heavy (non-hydrogen) atoms. The minimum Gasteiger partial charge on any atom is -0.396 e. The first-order valence-electron chi connectivity index (χ1n) is 7.82. The normalized spacial score (nSPS) is 21.9. The molecule has 1 saturated heterocycles. The zero-order chi connectivity index (χ0) is 13.1. The molecule has 1 atom stereocenters. The highest BCUT2D eigenvalue weighted by Crippen LogP contribution is 2.33. The Labute approximate surface area is 116 Å². The molecule has 2 aliphatic rings. The van der Waals surface area contributed by atoms with E-state index in [0.29, 0.717) is 18.4 Å². The van der Waals surface area contributed by atoms with E-state index in [1.165, 1.54) is 55.2 Å². The molecule has 0 amide bonds. The molecule has 0 radical (unpaired) electrons. The van der Waals surface area contributed by atoms with Gasteiger partial charge < -0.3 is 10.4 Å². The second-order valence-electron chi connectivity index (χ2n) is 6.11. The first kappa shape index (κ1) is 13.1. The van der Waals surface area contributed by atoms with E-state index in [1.54, 1.807) is 0 Å². The van der Waals surface area contributed by atoms with E-state index < -0.39 is 0 Å². The van der Waals surface area contributed by atoms with Crippen LogP contribution in [0.4, 0.5) is 0 Å². The minimum absolute atomic E-state index is 0.295. The van der Waals surface area contributed by atoms with Crippen molar-refractivity contribution in [2.75, 3.05) is 19.7 Å². The van der Waals surface area contributed by atoms with E-state index in [2.05, 4.69) is 23.5 Å². The number of benzene rings is 1. The van der Waals surface area contributed by atoms with E-state index in [1.807, 2.05) is 0 Å². The molecule has 1 aliphatic carbocycles. The smallest absolute Gasteiger partial charge is 0.0502 e. The molecule has 1 heterocycles. The molecule has 2 heteroatoms. The van der Waals surface area contributed by atoms with Crippen LogP contribution in [0.5, 0.6) is 0 Å². The van der Waals surface area contributed by atoms with E-state index >= 15 is 0 Å². The molecule has 1 aliphatic heterocycles. The maximum atomic E-state index is 9.82. The minimum atomic E-state index is 0.295. The largest absolute Gasteiger partial charge is 0.396 e. The quantitative estimate of drug-likeness (QED) is 0.874. The van der Waals surface area contributed by atoms with Gasteiger partial charge in [-0.2, -0.15) is 0 Å². The Morgan fingerprint density at radius 2 is 1.84 bits per heavy atom. The van der Waals surface area contributed by atoms with Gasteiger partial charge in [-0.25, -0.2) is 0 Å². The fourth-order valence-electron chi connectivity index (χ4n) is 3.76. The second kappa shape index (κ2) is 6.06. The van der Waals surface area contributed by atoms with E-state index in [0.717, 1.165) is 13.1 Å². The van der Waals surface area contributed by atoms with Crippen LogP contribution in [0.1, 0.15) is 48.3 Å². The van der Waals surface area contributed by atoms with Gasteiger partial charge in [0.15, 0.2) is 0 Å². The van der Waals surface area contributed by atoms with Crippen molar-refractivity contribution in [1.29, 1.82) is 0 Å². The van der Waals surface area contributed by atoms with Gasteiger partial charge in [-0.3, -0.25) is 0 Å². The molecule has 2 nitrogen and oxygen atoms in total. The Hall–Kier alpha value is -0.860. The molecular weight excluding hydrogens is 234 g/mol. The van der Waals surface area contributed by atoms with Gasteiger partial charge in [0.1, 0.15) is 0 Å². The molecular formula is C17H25NO. The summed E-state index contributed by atoms with van der Waals surface area (Å²) in [5.74, 6) is 0.988. The molecule has 3 rings (SSSR count). The van der Waals surface area contributed by atoms with Gasteiger partial charge in [-0.1, -0.05) is 18.2 Å². The van der Waals surface area contributed by atoms with Crippen molar-refractivity contribution in [2.45, 2.75) is 44.4 Å². The van der Waals surface area contributed by atoms with Crippen molar-refractivity contribution < 1.29 is 5.11 Å². The van der Waals surface area contributed by atoms with Crippen LogP contribution < -0.4 is 5.32 Å². The summed E-state index contributed by atoms with van der Waals surface area (Å²) in [4.78, 5) is 0. The van der Waals surface area contributed by atoms with Gasteiger partial charge in [0, 0.05) is 5.92 Å². The van der Waals surface area contributed by atoms with Crippen molar-refractivity contribution in [1.82, 2.24) is 5.32 Å². The number of hydrogen-bond acceptors (Lipinski definition) is 2. The number of hydrogen-bond donors (Lipinski definition) is 2. The molecule has 104 valence electrons. The number of fused-ring (bicyclic) bond motifs is 1. The van der Waals surface area contributed by atoms with Gasteiger partial charge >= 0.3 is 0 Å². The molecule has 0 saturated carbocycles. The SMILES string of the molecule is OCC(c1ccc2c(c1)CCCC2)C1CCNCC1. The lowest BCUT2D eigenvalue weighted by atomic mass is 9.79. The Morgan fingerprint density at radius 3 is 2.58 bits per heavy atom. The van der Waals surface area contributed by atoms with Crippen LogP contribution >= 0.6 is 0 Å². The predicted molar refractivity (Wildman–Crippen MR) is 78.5 cm³/mol. The number of nitrogens with one attached hydrogen (secondary N) is 1. The number of piperidine rings is 1. The zero-order valence-electron chi connectivity index (χ0n) is 11.7. The molecule has 1 fully saturated rings. The summed E-state index contributed by atoms with van der Waals surface area (Å²) in [5.41, 5.74) is 4.45. The summed E-state index contributed by atoms with van der Waals surface area (Å²) < 4.78 is 0. The van der Waals surface area contributed by atoms with Crippen LogP contribution in [0.3, 0.4) is 0 Å². The molecule has 1 aromatic carbocycles. The van der Waals surface area contributed by atoms with Gasteiger partial charge in [-0.15, -0.1) is 0 Å². The van der Waals surface area contributed by atoms with Crippen molar-refractivity contribution in [3.05, 3.63) is 34.9 Å². The fourth-order valence-corrected chi connectivity index (χ4v) is 3.76. The fraction of sp³-hybridized carbons (Fsp3) is 0.647. The highest BCUT2D eigenvalue weighted by molar-refractivity contribution is 5.35. The third-order valence-corrected chi connectivity index (χ3v) is 4.95. The van der Waals surface area contributed by atoms with E-state index in [-0.39, 0.29) is 0 Å².